The van der Waals surface area contributed by atoms with E-state index in [2.05, 4.69) is 17.4 Å². The minimum Gasteiger partial charge on any atom is -0.497 e. The molecule has 0 saturated carbocycles. The summed E-state index contributed by atoms with van der Waals surface area (Å²) in [6, 6.07) is 4.97. The van der Waals surface area contributed by atoms with Gasteiger partial charge in [-0.05, 0) is 18.2 Å². The zero-order chi connectivity index (χ0) is 9.84. The Labute approximate surface area is 82.1 Å². The molecule has 0 aliphatic heterocycles. The average molecular weight is 198 g/mol. The van der Waals surface area contributed by atoms with Gasteiger partial charge in [0.2, 0.25) is 0 Å². The van der Waals surface area contributed by atoms with E-state index in [1.807, 2.05) is 0 Å². The third-order valence-corrected chi connectivity index (χ3v) is 1.98. The smallest absolute Gasteiger partial charge is 0.338 e. The van der Waals surface area contributed by atoms with Gasteiger partial charge in [-0.3, -0.25) is 0 Å². The Morgan fingerprint density at radius 2 is 2.08 bits per heavy atom. The highest BCUT2D eigenvalue weighted by molar-refractivity contribution is 7.80. The lowest BCUT2D eigenvalue weighted by Gasteiger charge is -2.04. The number of esters is 1. The molecule has 0 amide bonds. The Morgan fingerprint density at radius 1 is 1.38 bits per heavy atom. The predicted molar refractivity (Wildman–Crippen MR) is 51.6 cm³/mol. The maximum atomic E-state index is 11.1. The Kier molecular flexibility index (Phi) is 3.19. The number of methoxy groups -OCH3 is 2. The number of carbonyl (C=O) groups is 1. The number of rotatable bonds is 2. The molecule has 0 bridgehead atoms. The van der Waals surface area contributed by atoms with Gasteiger partial charge in [0.25, 0.3) is 0 Å². The minimum absolute atomic E-state index is 0.396. The van der Waals surface area contributed by atoms with Crippen LogP contribution in [0.5, 0.6) is 5.75 Å². The second-order valence-electron chi connectivity index (χ2n) is 2.37. The SMILES string of the molecule is COC(=O)c1ccc(OC)cc1S. The number of hydrogen-bond donors (Lipinski definition) is 1. The lowest BCUT2D eigenvalue weighted by Crippen LogP contribution is -2.02. The standard InChI is InChI=1S/C9H10O3S/c1-11-6-3-4-7(8(13)5-6)9(10)12-2/h3-5,13H,1-2H3. The van der Waals surface area contributed by atoms with Crippen LogP contribution in [0.4, 0.5) is 0 Å². The van der Waals surface area contributed by atoms with E-state index >= 15 is 0 Å². The molecule has 0 radical (unpaired) electrons. The van der Waals surface area contributed by atoms with Gasteiger partial charge in [0, 0.05) is 4.90 Å². The number of ether oxygens (including phenoxy) is 2. The molecule has 0 atom stereocenters. The van der Waals surface area contributed by atoms with Crippen molar-refractivity contribution >= 4 is 18.6 Å². The first kappa shape index (κ1) is 9.92. The van der Waals surface area contributed by atoms with Crippen LogP contribution in [0.2, 0.25) is 0 Å². The van der Waals surface area contributed by atoms with Gasteiger partial charge in [0.15, 0.2) is 0 Å². The number of carbonyl (C=O) groups excluding carboxylic acids is 1. The molecule has 0 saturated heterocycles. The van der Waals surface area contributed by atoms with Crippen molar-refractivity contribution < 1.29 is 14.3 Å². The average Bonchev–Trinajstić information content (AvgIpc) is 2.16. The normalized spacial score (nSPS) is 9.46. The van der Waals surface area contributed by atoms with Crippen molar-refractivity contribution in [1.82, 2.24) is 0 Å². The van der Waals surface area contributed by atoms with E-state index in [1.165, 1.54) is 7.11 Å². The molecule has 0 N–H and O–H groups in total. The number of thiol groups is 1. The van der Waals surface area contributed by atoms with E-state index in [-0.39, 0.29) is 0 Å². The topological polar surface area (TPSA) is 35.5 Å². The molecule has 1 rings (SSSR count). The Balaban J connectivity index is 3.05. The van der Waals surface area contributed by atoms with Crippen LogP contribution in [0.3, 0.4) is 0 Å². The molecule has 1 aromatic carbocycles. The van der Waals surface area contributed by atoms with E-state index in [0.29, 0.717) is 16.2 Å². The zero-order valence-corrected chi connectivity index (χ0v) is 8.30. The van der Waals surface area contributed by atoms with Crippen molar-refractivity contribution in [2.75, 3.05) is 14.2 Å². The van der Waals surface area contributed by atoms with E-state index in [1.54, 1.807) is 25.3 Å². The first-order valence-electron chi connectivity index (χ1n) is 3.64. The molecule has 3 nitrogen and oxygen atoms in total. The summed E-state index contributed by atoms with van der Waals surface area (Å²) in [5.41, 5.74) is 0.437. The summed E-state index contributed by atoms with van der Waals surface area (Å²) in [6.07, 6.45) is 0. The van der Waals surface area contributed by atoms with E-state index in [0.717, 1.165) is 0 Å². The van der Waals surface area contributed by atoms with E-state index in [9.17, 15) is 4.79 Å². The highest BCUT2D eigenvalue weighted by Crippen LogP contribution is 2.21. The molecule has 1 aromatic rings. The van der Waals surface area contributed by atoms with Crippen molar-refractivity contribution in [3.8, 4) is 5.75 Å². The summed E-state index contributed by atoms with van der Waals surface area (Å²) in [5, 5.41) is 0. The van der Waals surface area contributed by atoms with Crippen LogP contribution in [0, 0.1) is 0 Å². The lowest BCUT2D eigenvalue weighted by molar-refractivity contribution is 0.0597. The van der Waals surface area contributed by atoms with Crippen LogP contribution in [0.15, 0.2) is 23.1 Å². The number of benzene rings is 1. The molecule has 0 unspecified atom stereocenters. The molecule has 0 aromatic heterocycles. The lowest BCUT2D eigenvalue weighted by atomic mass is 10.2. The van der Waals surface area contributed by atoms with Crippen LogP contribution in [0.1, 0.15) is 10.4 Å². The molecule has 70 valence electrons. The second-order valence-corrected chi connectivity index (χ2v) is 2.86. The molecular formula is C9H10O3S. The van der Waals surface area contributed by atoms with Crippen LogP contribution in [-0.4, -0.2) is 20.2 Å². The second kappa shape index (κ2) is 4.18. The van der Waals surface area contributed by atoms with Gasteiger partial charge < -0.3 is 9.47 Å². The monoisotopic (exact) mass is 198 g/mol. The minimum atomic E-state index is -0.396. The van der Waals surface area contributed by atoms with E-state index in [4.69, 9.17) is 4.74 Å². The van der Waals surface area contributed by atoms with Crippen molar-refractivity contribution in [3.05, 3.63) is 23.8 Å². The maximum absolute atomic E-state index is 11.1. The fourth-order valence-corrected chi connectivity index (χ4v) is 1.21. The molecule has 0 heterocycles. The van der Waals surface area contributed by atoms with Crippen molar-refractivity contribution in [2.24, 2.45) is 0 Å². The molecule has 0 aliphatic carbocycles. The van der Waals surface area contributed by atoms with Gasteiger partial charge in [-0.15, -0.1) is 12.6 Å². The maximum Gasteiger partial charge on any atom is 0.338 e. The summed E-state index contributed by atoms with van der Waals surface area (Å²) in [5.74, 6) is 0.269. The van der Waals surface area contributed by atoms with Crippen LogP contribution >= 0.6 is 12.6 Å². The molecular weight excluding hydrogens is 188 g/mol. The van der Waals surface area contributed by atoms with Gasteiger partial charge in [-0.25, -0.2) is 4.79 Å². The molecule has 0 fully saturated rings. The molecule has 0 aliphatic rings. The largest absolute Gasteiger partial charge is 0.497 e. The van der Waals surface area contributed by atoms with Crippen LogP contribution in [-0.2, 0) is 4.74 Å². The quantitative estimate of drug-likeness (QED) is 0.581. The molecule has 0 spiro atoms. The highest BCUT2D eigenvalue weighted by atomic mass is 32.1. The summed E-state index contributed by atoms with van der Waals surface area (Å²) < 4.78 is 9.52. The van der Waals surface area contributed by atoms with Gasteiger partial charge >= 0.3 is 5.97 Å². The predicted octanol–water partition coefficient (Wildman–Crippen LogP) is 1.77. The highest BCUT2D eigenvalue weighted by Gasteiger charge is 2.09. The van der Waals surface area contributed by atoms with E-state index < -0.39 is 5.97 Å². The molecule has 4 heteroatoms. The molecule has 13 heavy (non-hydrogen) atoms. The van der Waals surface area contributed by atoms with Crippen molar-refractivity contribution in [2.45, 2.75) is 4.90 Å². The fourth-order valence-electron chi connectivity index (χ4n) is 0.921. The third-order valence-electron chi connectivity index (χ3n) is 1.61. The summed E-state index contributed by atoms with van der Waals surface area (Å²) in [7, 11) is 2.89. The zero-order valence-electron chi connectivity index (χ0n) is 7.40. The van der Waals surface area contributed by atoms with Gasteiger partial charge in [-0.2, -0.15) is 0 Å². The van der Waals surface area contributed by atoms with Crippen molar-refractivity contribution in [1.29, 1.82) is 0 Å². The van der Waals surface area contributed by atoms with Crippen molar-refractivity contribution in [3.63, 3.8) is 0 Å². The summed E-state index contributed by atoms with van der Waals surface area (Å²) in [6.45, 7) is 0. The van der Waals surface area contributed by atoms with Gasteiger partial charge in [0.1, 0.15) is 5.75 Å². The van der Waals surface area contributed by atoms with Crippen LogP contribution in [0.25, 0.3) is 0 Å². The third kappa shape index (κ3) is 2.15. The number of hydrogen-bond acceptors (Lipinski definition) is 4. The summed E-state index contributed by atoms with van der Waals surface area (Å²) >= 11 is 4.13. The Hall–Kier alpha value is -1.16. The van der Waals surface area contributed by atoms with Crippen LogP contribution < -0.4 is 4.74 Å². The van der Waals surface area contributed by atoms with Gasteiger partial charge in [0.05, 0.1) is 19.8 Å². The Bertz CT molecular complexity index is 323. The fraction of sp³-hybridized carbons (Fsp3) is 0.222. The first-order valence-corrected chi connectivity index (χ1v) is 4.09. The Morgan fingerprint density at radius 3 is 2.54 bits per heavy atom. The van der Waals surface area contributed by atoms with Gasteiger partial charge in [-0.1, -0.05) is 0 Å². The first-order chi connectivity index (χ1) is 6.19. The summed E-state index contributed by atoms with van der Waals surface area (Å²) in [4.78, 5) is 11.7.